The smallest absolute Gasteiger partial charge is 0.234 e. The summed E-state index contributed by atoms with van der Waals surface area (Å²) in [7, 11) is 0. The molecule has 2 aromatic rings. The summed E-state index contributed by atoms with van der Waals surface area (Å²) in [5, 5.41) is 6.57. The van der Waals surface area contributed by atoms with E-state index < -0.39 is 0 Å². The zero-order valence-electron chi connectivity index (χ0n) is 14.3. The van der Waals surface area contributed by atoms with Gasteiger partial charge in [-0.05, 0) is 29.7 Å². The van der Waals surface area contributed by atoms with Gasteiger partial charge in [-0.15, -0.1) is 0 Å². The summed E-state index contributed by atoms with van der Waals surface area (Å²) in [6.07, 6.45) is 3.95. The average molecular weight is 322 g/mol. The van der Waals surface area contributed by atoms with E-state index in [0.29, 0.717) is 6.54 Å². The molecule has 126 valence electrons. The molecule has 1 amide bonds. The van der Waals surface area contributed by atoms with E-state index >= 15 is 0 Å². The zero-order chi connectivity index (χ0) is 16.8. The molecule has 0 aliphatic heterocycles. The van der Waals surface area contributed by atoms with Crippen molar-refractivity contribution < 1.29 is 4.79 Å². The summed E-state index contributed by atoms with van der Waals surface area (Å²) >= 11 is 0. The number of amides is 1. The highest BCUT2D eigenvalue weighted by atomic mass is 16.2. The molecule has 0 saturated heterocycles. The van der Waals surface area contributed by atoms with Gasteiger partial charge in [0, 0.05) is 12.8 Å². The van der Waals surface area contributed by atoms with E-state index in [1.807, 2.05) is 18.2 Å². The first-order valence-corrected chi connectivity index (χ1v) is 8.87. The van der Waals surface area contributed by atoms with Gasteiger partial charge in [0.1, 0.15) is 0 Å². The maximum Gasteiger partial charge on any atom is 0.234 e. The van der Waals surface area contributed by atoms with Crippen LogP contribution in [0.1, 0.15) is 36.5 Å². The van der Waals surface area contributed by atoms with Crippen LogP contribution in [-0.4, -0.2) is 19.0 Å². The normalized spacial score (nSPS) is 15.0. The number of rotatable bonds is 7. The minimum absolute atomic E-state index is 0.0720. The van der Waals surface area contributed by atoms with Gasteiger partial charge >= 0.3 is 0 Å². The van der Waals surface area contributed by atoms with E-state index in [4.69, 9.17) is 0 Å². The van der Waals surface area contributed by atoms with Crippen molar-refractivity contribution in [3.05, 3.63) is 71.3 Å². The predicted octanol–water partition coefficient (Wildman–Crippen LogP) is 3.19. The number of nitrogens with one attached hydrogen (secondary N) is 2. The molecule has 0 heterocycles. The lowest BCUT2D eigenvalue weighted by Gasteiger charge is -2.31. The molecule has 0 spiro atoms. The van der Waals surface area contributed by atoms with Crippen LogP contribution in [0.5, 0.6) is 0 Å². The van der Waals surface area contributed by atoms with Crippen molar-refractivity contribution in [2.24, 2.45) is 0 Å². The average Bonchev–Trinajstić information content (AvgIpc) is 2.99. The van der Waals surface area contributed by atoms with Crippen molar-refractivity contribution in [1.82, 2.24) is 10.6 Å². The van der Waals surface area contributed by atoms with Crippen LogP contribution in [0.3, 0.4) is 0 Å². The first kappa shape index (κ1) is 16.7. The third kappa shape index (κ3) is 3.68. The van der Waals surface area contributed by atoms with Gasteiger partial charge in [0.15, 0.2) is 0 Å². The molecule has 3 heteroatoms. The van der Waals surface area contributed by atoms with Crippen molar-refractivity contribution in [3.63, 3.8) is 0 Å². The first-order chi connectivity index (χ1) is 11.7. The van der Waals surface area contributed by atoms with Crippen molar-refractivity contribution in [3.8, 4) is 0 Å². The van der Waals surface area contributed by atoms with Gasteiger partial charge in [0.05, 0.1) is 12.1 Å². The Hall–Kier alpha value is -2.13. The van der Waals surface area contributed by atoms with Gasteiger partial charge in [0.25, 0.3) is 0 Å². The van der Waals surface area contributed by atoms with Crippen LogP contribution in [0.25, 0.3) is 0 Å². The van der Waals surface area contributed by atoms with Gasteiger partial charge in [-0.3, -0.25) is 4.79 Å². The number of unbranched alkanes of at least 4 members (excludes halogenated alkanes) is 1. The number of carbonyl (C=O) groups excluding carboxylic acids is 1. The van der Waals surface area contributed by atoms with Crippen LogP contribution >= 0.6 is 0 Å². The molecule has 0 atom stereocenters. The first-order valence-electron chi connectivity index (χ1n) is 8.87. The highest BCUT2D eigenvalue weighted by molar-refractivity contribution is 5.79. The molecule has 3 nitrogen and oxygen atoms in total. The Morgan fingerprint density at radius 3 is 2.25 bits per heavy atom. The van der Waals surface area contributed by atoms with Crippen molar-refractivity contribution in [1.29, 1.82) is 0 Å². The predicted molar refractivity (Wildman–Crippen MR) is 97.9 cm³/mol. The molecule has 0 aromatic heterocycles. The summed E-state index contributed by atoms with van der Waals surface area (Å²) in [6.45, 7) is 3.43. The fourth-order valence-corrected chi connectivity index (χ4v) is 3.55. The van der Waals surface area contributed by atoms with Gasteiger partial charge in [-0.25, -0.2) is 0 Å². The lowest BCUT2D eigenvalue weighted by Crippen LogP contribution is -2.49. The number of benzene rings is 2. The Kier molecular flexibility index (Phi) is 5.31. The van der Waals surface area contributed by atoms with Gasteiger partial charge in [0.2, 0.25) is 5.91 Å². The molecule has 0 radical (unpaired) electrons. The maximum atomic E-state index is 12.5. The molecule has 0 bridgehead atoms. The standard InChI is InChI=1S/C21H26N2O/c1-2-3-13-22-16-20(24)23-21(19-11-5-4-6-12-19)14-17-9-7-8-10-18(17)15-21/h4-12,22H,2-3,13-16H2,1H3,(H,23,24). The minimum Gasteiger partial charge on any atom is -0.345 e. The highest BCUT2D eigenvalue weighted by Crippen LogP contribution is 2.37. The molecule has 24 heavy (non-hydrogen) atoms. The van der Waals surface area contributed by atoms with Crippen LogP contribution in [0.2, 0.25) is 0 Å². The van der Waals surface area contributed by atoms with Crippen molar-refractivity contribution >= 4 is 5.91 Å². The number of fused-ring (bicyclic) bond motifs is 1. The van der Waals surface area contributed by atoms with Crippen LogP contribution < -0.4 is 10.6 Å². The Morgan fingerprint density at radius 1 is 1.00 bits per heavy atom. The fourth-order valence-electron chi connectivity index (χ4n) is 3.55. The lowest BCUT2D eigenvalue weighted by molar-refractivity contribution is -0.122. The monoisotopic (exact) mass is 322 g/mol. The quantitative estimate of drug-likeness (QED) is 0.769. The fraction of sp³-hybridized carbons (Fsp3) is 0.381. The third-order valence-electron chi connectivity index (χ3n) is 4.80. The van der Waals surface area contributed by atoms with Gasteiger partial charge in [-0.2, -0.15) is 0 Å². The second kappa shape index (κ2) is 7.63. The van der Waals surface area contributed by atoms with E-state index in [1.165, 1.54) is 16.7 Å². The summed E-state index contributed by atoms with van der Waals surface area (Å²) < 4.78 is 0. The van der Waals surface area contributed by atoms with E-state index in [-0.39, 0.29) is 11.4 Å². The third-order valence-corrected chi connectivity index (χ3v) is 4.80. The molecule has 1 aliphatic carbocycles. The van der Waals surface area contributed by atoms with E-state index in [2.05, 4.69) is 54.0 Å². The van der Waals surface area contributed by atoms with E-state index in [0.717, 1.165) is 32.2 Å². The minimum atomic E-state index is -0.325. The number of hydrogen-bond donors (Lipinski definition) is 2. The van der Waals surface area contributed by atoms with Gasteiger partial charge in [-0.1, -0.05) is 67.9 Å². The lowest BCUT2D eigenvalue weighted by atomic mass is 9.86. The Labute approximate surface area is 144 Å². The second-order valence-corrected chi connectivity index (χ2v) is 6.65. The Morgan fingerprint density at radius 2 is 1.62 bits per heavy atom. The van der Waals surface area contributed by atoms with Crippen LogP contribution in [0, 0.1) is 0 Å². The molecule has 0 fully saturated rings. The zero-order valence-corrected chi connectivity index (χ0v) is 14.3. The molecule has 2 aromatic carbocycles. The highest BCUT2D eigenvalue weighted by Gasteiger charge is 2.39. The second-order valence-electron chi connectivity index (χ2n) is 6.65. The molecule has 0 saturated carbocycles. The molecule has 0 unspecified atom stereocenters. The topological polar surface area (TPSA) is 41.1 Å². The molecule has 2 N–H and O–H groups in total. The van der Waals surface area contributed by atoms with Crippen LogP contribution in [-0.2, 0) is 23.2 Å². The summed E-state index contributed by atoms with van der Waals surface area (Å²) in [6, 6.07) is 18.9. The van der Waals surface area contributed by atoms with Crippen molar-refractivity contribution in [2.45, 2.75) is 38.1 Å². The number of hydrogen-bond acceptors (Lipinski definition) is 2. The largest absolute Gasteiger partial charge is 0.345 e. The molecular formula is C21H26N2O. The molecule has 3 rings (SSSR count). The van der Waals surface area contributed by atoms with Gasteiger partial charge < -0.3 is 10.6 Å². The summed E-state index contributed by atoms with van der Waals surface area (Å²) in [5.74, 6) is 0.0720. The molecule has 1 aliphatic rings. The summed E-state index contributed by atoms with van der Waals surface area (Å²) in [4.78, 5) is 12.5. The summed E-state index contributed by atoms with van der Waals surface area (Å²) in [5.41, 5.74) is 3.53. The Bertz CT molecular complexity index is 656. The van der Waals surface area contributed by atoms with Crippen LogP contribution in [0.4, 0.5) is 0 Å². The maximum absolute atomic E-state index is 12.5. The van der Waals surface area contributed by atoms with Crippen LogP contribution in [0.15, 0.2) is 54.6 Å². The van der Waals surface area contributed by atoms with Crippen molar-refractivity contribution in [2.75, 3.05) is 13.1 Å². The molecular weight excluding hydrogens is 296 g/mol. The Balaban J connectivity index is 1.77. The SMILES string of the molecule is CCCCNCC(=O)NC1(c2ccccc2)Cc2ccccc2C1. The number of carbonyl (C=O) groups is 1. The van der Waals surface area contributed by atoms with E-state index in [1.54, 1.807) is 0 Å². The van der Waals surface area contributed by atoms with E-state index in [9.17, 15) is 4.79 Å².